The third-order valence-corrected chi connectivity index (χ3v) is 7.18. The van der Waals surface area contributed by atoms with Crippen LogP contribution in [0.25, 0.3) is 0 Å². The average Bonchev–Trinajstić information content (AvgIpc) is 3.32. The van der Waals surface area contributed by atoms with Gasteiger partial charge in [-0.15, -0.1) is 11.3 Å². The standard InChI is InChI=1S/C25H26O2S/c1-16-17(2)28-23(14-18-8-4-3-5-9-18)24(16)25(27)20-12-13-22(26)21(15-20)19-10-6-7-11-19/h3-5,8-9,12-13,15,19,26H,6-7,10-11,14H2,1-2H3. The van der Waals surface area contributed by atoms with Gasteiger partial charge in [-0.25, -0.2) is 0 Å². The van der Waals surface area contributed by atoms with Crippen molar-refractivity contribution in [1.82, 2.24) is 0 Å². The van der Waals surface area contributed by atoms with Gasteiger partial charge in [0.2, 0.25) is 0 Å². The Bertz CT molecular complexity index is 995. The maximum atomic E-state index is 13.5. The summed E-state index contributed by atoms with van der Waals surface area (Å²) in [6.07, 6.45) is 5.37. The normalized spacial score (nSPS) is 14.5. The van der Waals surface area contributed by atoms with Crippen LogP contribution in [0.2, 0.25) is 0 Å². The zero-order valence-corrected chi connectivity index (χ0v) is 17.3. The third-order valence-electron chi connectivity index (χ3n) is 5.98. The van der Waals surface area contributed by atoms with Gasteiger partial charge in [-0.2, -0.15) is 0 Å². The molecule has 1 saturated carbocycles. The van der Waals surface area contributed by atoms with Gasteiger partial charge < -0.3 is 5.11 Å². The zero-order chi connectivity index (χ0) is 19.7. The SMILES string of the molecule is Cc1sc(Cc2ccccc2)c(C(=O)c2ccc(O)c(C3CCCC3)c2)c1C. The summed E-state index contributed by atoms with van der Waals surface area (Å²) in [5, 5.41) is 10.3. The lowest BCUT2D eigenvalue weighted by Crippen LogP contribution is -2.07. The van der Waals surface area contributed by atoms with Crippen molar-refractivity contribution in [2.24, 2.45) is 0 Å². The number of thiophene rings is 1. The number of phenolic OH excluding ortho intramolecular Hbond substituents is 1. The molecule has 1 aliphatic rings. The van der Waals surface area contributed by atoms with Crippen molar-refractivity contribution in [2.45, 2.75) is 51.9 Å². The van der Waals surface area contributed by atoms with E-state index in [9.17, 15) is 9.90 Å². The first kappa shape index (κ1) is 18.9. The van der Waals surface area contributed by atoms with Crippen LogP contribution in [0, 0.1) is 13.8 Å². The molecule has 0 atom stereocenters. The molecule has 2 nitrogen and oxygen atoms in total. The summed E-state index contributed by atoms with van der Waals surface area (Å²) in [5.74, 6) is 0.778. The van der Waals surface area contributed by atoms with E-state index in [4.69, 9.17) is 0 Å². The van der Waals surface area contributed by atoms with Crippen LogP contribution in [0.4, 0.5) is 0 Å². The largest absolute Gasteiger partial charge is 0.508 e. The molecule has 4 rings (SSSR count). The van der Waals surface area contributed by atoms with Crippen LogP contribution in [-0.2, 0) is 6.42 Å². The lowest BCUT2D eigenvalue weighted by Gasteiger charge is -2.14. The van der Waals surface area contributed by atoms with Gasteiger partial charge in [-0.05, 0) is 67.5 Å². The van der Waals surface area contributed by atoms with Crippen molar-refractivity contribution in [2.75, 3.05) is 0 Å². The first-order valence-electron chi connectivity index (χ1n) is 10.0. The Hall–Kier alpha value is -2.39. The van der Waals surface area contributed by atoms with E-state index in [0.717, 1.165) is 40.8 Å². The summed E-state index contributed by atoms with van der Waals surface area (Å²) >= 11 is 1.72. The molecule has 0 bridgehead atoms. The van der Waals surface area contributed by atoms with Crippen LogP contribution in [0.1, 0.15) is 74.0 Å². The van der Waals surface area contributed by atoms with Gasteiger partial charge in [-0.1, -0.05) is 43.2 Å². The minimum absolute atomic E-state index is 0.0760. The molecule has 1 fully saturated rings. The van der Waals surface area contributed by atoms with Crippen LogP contribution in [-0.4, -0.2) is 10.9 Å². The van der Waals surface area contributed by atoms with E-state index in [-0.39, 0.29) is 5.78 Å². The smallest absolute Gasteiger partial charge is 0.194 e. The molecule has 0 spiro atoms. The Morgan fingerprint density at radius 1 is 1.07 bits per heavy atom. The molecule has 1 aliphatic carbocycles. The van der Waals surface area contributed by atoms with Gasteiger partial charge in [0.05, 0.1) is 0 Å². The second-order valence-electron chi connectivity index (χ2n) is 7.83. The highest BCUT2D eigenvalue weighted by atomic mass is 32.1. The van der Waals surface area contributed by atoms with E-state index >= 15 is 0 Å². The number of ketones is 1. The van der Waals surface area contributed by atoms with E-state index in [0.29, 0.717) is 17.2 Å². The second-order valence-corrected chi connectivity index (χ2v) is 9.14. The fourth-order valence-electron chi connectivity index (χ4n) is 4.30. The van der Waals surface area contributed by atoms with E-state index in [2.05, 4.69) is 19.1 Å². The predicted octanol–water partition coefficient (Wildman–Crippen LogP) is 6.55. The highest BCUT2D eigenvalue weighted by molar-refractivity contribution is 7.12. The molecule has 1 aromatic heterocycles. The predicted molar refractivity (Wildman–Crippen MR) is 116 cm³/mol. The van der Waals surface area contributed by atoms with Crippen molar-refractivity contribution < 1.29 is 9.90 Å². The Kier molecular flexibility index (Phi) is 5.36. The Balaban J connectivity index is 1.71. The van der Waals surface area contributed by atoms with Gasteiger partial charge in [0.15, 0.2) is 5.78 Å². The minimum Gasteiger partial charge on any atom is -0.508 e. The number of aromatic hydroxyl groups is 1. The number of carbonyl (C=O) groups is 1. The second kappa shape index (κ2) is 7.92. The maximum Gasteiger partial charge on any atom is 0.194 e. The molecule has 0 amide bonds. The highest BCUT2D eigenvalue weighted by Crippen LogP contribution is 2.39. The van der Waals surface area contributed by atoms with Gasteiger partial charge >= 0.3 is 0 Å². The lowest BCUT2D eigenvalue weighted by atomic mass is 9.91. The summed E-state index contributed by atoms with van der Waals surface area (Å²) in [6, 6.07) is 15.7. The summed E-state index contributed by atoms with van der Waals surface area (Å²) in [6.45, 7) is 4.14. The minimum atomic E-state index is 0.0760. The van der Waals surface area contributed by atoms with Crippen molar-refractivity contribution >= 4 is 17.1 Å². The van der Waals surface area contributed by atoms with Crippen molar-refractivity contribution in [3.8, 4) is 5.75 Å². The number of hydrogen-bond acceptors (Lipinski definition) is 3. The van der Waals surface area contributed by atoms with Gasteiger partial charge in [0.1, 0.15) is 5.75 Å². The summed E-state index contributed by atoms with van der Waals surface area (Å²) < 4.78 is 0. The summed E-state index contributed by atoms with van der Waals surface area (Å²) in [7, 11) is 0. The Morgan fingerprint density at radius 3 is 2.50 bits per heavy atom. The van der Waals surface area contributed by atoms with Crippen molar-refractivity contribution in [1.29, 1.82) is 0 Å². The molecule has 3 heteroatoms. The quantitative estimate of drug-likeness (QED) is 0.502. The fourth-order valence-corrected chi connectivity index (χ4v) is 5.52. The molecule has 1 heterocycles. The topological polar surface area (TPSA) is 37.3 Å². The molecular weight excluding hydrogens is 364 g/mol. The van der Waals surface area contributed by atoms with Crippen LogP contribution in [0.15, 0.2) is 48.5 Å². The van der Waals surface area contributed by atoms with E-state index < -0.39 is 0 Å². The maximum absolute atomic E-state index is 13.5. The van der Waals surface area contributed by atoms with Gasteiger partial charge in [0.25, 0.3) is 0 Å². The summed E-state index contributed by atoms with van der Waals surface area (Å²) in [5.41, 5.74) is 4.77. The van der Waals surface area contributed by atoms with Crippen LogP contribution < -0.4 is 0 Å². The molecule has 144 valence electrons. The average molecular weight is 391 g/mol. The molecule has 2 aromatic carbocycles. The van der Waals surface area contributed by atoms with Gasteiger partial charge in [0, 0.05) is 27.3 Å². The van der Waals surface area contributed by atoms with E-state index in [1.807, 2.05) is 31.2 Å². The molecular formula is C25H26O2S. The zero-order valence-electron chi connectivity index (χ0n) is 16.5. The highest BCUT2D eigenvalue weighted by Gasteiger charge is 2.24. The molecule has 0 unspecified atom stereocenters. The first-order chi connectivity index (χ1) is 13.5. The molecule has 0 aliphatic heterocycles. The molecule has 0 saturated heterocycles. The van der Waals surface area contributed by atoms with E-state index in [1.165, 1.54) is 23.3 Å². The van der Waals surface area contributed by atoms with Crippen LogP contribution in [0.5, 0.6) is 5.75 Å². The van der Waals surface area contributed by atoms with Crippen molar-refractivity contribution in [3.63, 3.8) is 0 Å². The lowest BCUT2D eigenvalue weighted by molar-refractivity contribution is 0.103. The third kappa shape index (κ3) is 3.64. The summed E-state index contributed by atoms with van der Waals surface area (Å²) in [4.78, 5) is 15.8. The number of benzene rings is 2. The number of hydrogen-bond donors (Lipinski definition) is 1. The Labute approximate surface area is 170 Å². The van der Waals surface area contributed by atoms with Crippen LogP contribution in [0.3, 0.4) is 0 Å². The molecule has 0 radical (unpaired) electrons. The van der Waals surface area contributed by atoms with Crippen molar-refractivity contribution in [3.05, 3.63) is 86.1 Å². The molecule has 3 aromatic rings. The monoisotopic (exact) mass is 390 g/mol. The van der Waals surface area contributed by atoms with Crippen LogP contribution >= 0.6 is 11.3 Å². The number of phenols is 1. The molecule has 1 N–H and O–H groups in total. The first-order valence-corrected chi connectivity index (χ1v) is 10.9. The van der Waals surface area contributed by atoms with E-state index in [1.54, 1.807) is 23.5 Å². The number of carbonyl (C=O) groups excluding carboxylic acids is 1. The number of rotatable bonds is 5. The fraction of sp³-hybridized carbons (Fsp3) is 0.320. The number of aryl methyl sites for hydroxylation is 1. The molecule has 28 heavy (non-hydrogen) atoms. The Morgan fingerprint density at radius 2 is 1.79 bits per heavy atom. The van der Waals surface area contributed by atoms with Gasteiger partial charge in [-0.3, -0.25) is 4.79 Å².